The predicted molar refractivity (Wildman–Crippen MR) is 197 cm³/mol. The number of fused-ring (bicyclic) bond motifs is 1. The van der Waals surface area contributed by atoms with Crippen molar-refractivity contribution >= 4 is 41.3 Å². The number of aromatic nitrogens is 1. The molecule has 4 unspecified atom stereocenters. The van der Waals surface area contributed by atoms with Crippen molar-refractivity contribution in [2.45, 2.75) is 97.2 Å². The second-order valence-electron chi connectivity index (χ2n) is 13.6. The van der Waals surface area contributed by atoms with Gasteiger partial charge in [-0.25, -0.2) is 14.0 Å². The van der Waals surface area contributed by atoms with Crippen LogP contribution in [0.4, 0.5) is 14.9 Å². The zero-order chi connectivity index (χ0) is 37.3. The van der Waals surface area contributed by atoms with Gasteiger partial charge in [-0.2, -0.15) is 0 Å². The van der Waals surface area contributed by atoms with Crippen molar-refractivity contribution in [3.8, 4) is 0 Å². The molecule has 10 nitrogen and oxygen atoms in total. The Morgan fingerprint density at radius 1 is 1.04 bits per heavy atom. The van der Waals surface area contributed by atoms with Crippen molar-refractivity contribution in [2.75, 3.05) is 32.2 Å². The summed E-state index contributed by atoms with van der Waals surface area (Å²) in [5, 5.41) is 5.97. The van der Waals surface area contributed by atoms with E-state index in [1.54, 1.807) is 51.4 Å². The van der Waals surface area contributed by atoms with Crippen LogP contribution >= 0.6 is 0 Å². The molecule has 1 saturated heterocycles. The maximum absolute atomic E-state index is 12.8. The number of nitrogens with one attached hydrogen (secondary N) is 2. The number of carbonyl (C=O) groups excluding carboxylic acids is 4. The zero-order valence-electron chi connectivity index (χ0n) is 31.0. The van der Waals surface area contributed by atoms with Gasteiger partial charge in [-0.15, -0.1) is 0 Å². The Morgan fingerprint density at radius 2 is 1.74 bits per heavy atom. The van der Waals surface area contributed by atoms with E-state index in [0.717, 1.165) is 35.9 Å². The number of halogens is 1. The molecule has 0 radical (unpaired) electrons. The summed E-state index contributed by atoms with van der Waals surface area (Å²) in [5.74, 6) is 0.425. The number of alkyl carbamates (subject to hydrolysis) is 1. The van der Waals surface area contributed by atoms with E-state index in [1.807, 2.05) is 19.1 Å². The Hall–Kier alpha value is -4.25. The lowest BCUT2D eigenvalue weighted by molar-refractivity contribution is -0.111. The van der Waals surface area contributed by atoms with Crippen molar-refractivity contribution in [3.05, 3.63) is 65.9 Å². The number of nitrogens with zero attached hydrogens (tertiary/aromatic N) is 2. The number of ether oxygens (including phenoxy) is 2. The van der Waals surface area contributed by atoms with Crippen molar-refractivity contribution in [3.63, 3.8) is 0 Å². The number of likely N-dealkylation sites (N-methyl/N-ethyl adjacent to an activating group) is 1. The first-order chi connectivity index (χ1) is 23.8. The van der Waals surface area contributed by atoms with Gasteiger partial charge in [-0.05, 0) is 104 Å². The highest BCUT2D eigenvalue weighted by Gasteiger charge is 2.28. The molecule has 2 amide bonds. The zero-order valence-corrected chi connectivity index (χ0v) is 31.0. The molecule has 0 bridgehead atoms. The molecule has 1 fully saturated rings. The smallest absolute Gasteiger partial charge is 0.407 e. The van der Waals surface area contributed by atoms with Crippen molar-refractivity contribution in [1.82, 2.24) is 14.8 Å². The fourth-order valence-electron chi connectivity index (χ4n) is 5.81. The molecule has 4 rings (SSSR count). The topological polar surface area (TPSA) is 119 Å². The first-order valence-corrected chi connectivity index (χ1v) is 17.5. The number of benzene rings is 2. The molecule has 1 aliphatic rings. The van der Waals surface area contributed by atoms with Crippen LogP contribution in [0.5, 0.6) is 0 Å². The normalized spacial score (nSPS) is 16.9. The lowest BCUT2D eigenvalue weighted by Crippen LogP contribution is -2.40. The highest BCUT2D eigenvalue weighted by atomic mass is 19.1. The van der Waals surface area contributed by atoms with Crippen LogP contribution < -0.4 is 10.6 Å². The number of anilines is 1. The van der Waals surface area contributed by atoms with E-state index >= 15 is 0 Å². The maximum atomic E-state index is 12.8. The Bertz CT molecular complexity index is 1490. The molecule has 1 aliphatic heterocycles. The SMILES string of the molecule is CC1C(c2ccccc2)CCN1C.CCC(C=O)CCCC(CF)NC(=O)OC(C)(C)C.CCOC(=O)c1cc2cc(NC=O)ccc2n1C. The average Bonchev–Trinajstić information content (AvgIpc) is 3.60. The Labute approximate surface area is 297 Å². The minimum atomic E-state index is -0.628. The monoisotopic (exact) mass is 696 g/mol. The number of aldehydes is 1. The van der Waals surface area contributed by atoms with Gasteiger partial charge in [0.05, 0.1) is 12.6 Å². The van der Waals surface area contributed by atoms with Gasteiger partial charge in [-0.3, -0.25) is 4.79 Å². The van der Waals surface area contributed by atoms with E-state index in [-0.39, 0.29) is 11.9 Å². The Morgan fingerprint density at radius 3 is 2.28 bits per heavy atom. The summed E-state index contributed by atoms with van der Waals surface area (Å²) in [5.41, 5.74) is 3.01. The van der Waals surface area contributed by atoms with Gasteiger partial charge in [0, 0.05) is 41.5 Å². The van der Waals surface area contributed by atoms with Crippen LogP contribution in [-0.4, -0.2) is 78.8 Å². The molecule has 50 heavy (non-hydrogen) atoms. The first-order valence-electron chi connectivity index (χ1n) is 17.5. The minimum Gasteiger partial charge on any atom is -0.461 e. The Kier molecular flexibility index (Phi) is 17.7. The summed E-state index contributed by atoms with van der Waals surface area (Å²) in [4.78, 5) is 46.7. The van der Waals surface area contributed by atoms with Crippen LogP contribution in [0.3, 0.4) is 0 Å². The number of esters is 1. The van der Waals surface area contributed by atoms with Crippen LogP contribution in [0.1, 0.15) is 95.6 Å². The van der Waals surface area contributed by atoms with Gasteiger partial charge in [-0.1, -0.05) is 43.7 Å². The summed E-state index contributed by atoms with van der Waals surface area (Å²) in [6.45, 7) is 12.3. The second kappa shape index (κ2) is 21.1. The fraction of sp³-hybridized carbons (Fsp3) is 0.538. The third-order valence-corrected chi connectivity index (χ3v) is 8.80. The quantitative estimate of drug-likeness (QED) is 0.139. The minimum absolute atomic E-state index is 0.0294. The molecule has 276 valence electrons. The van der Waals surface area contributed by atoms with Gasteiger partial charge >= 0.3 is 12.1 Å². The van der Waals surface area contributed by atoms with Crippen LogP contribution in [0, 0.1) is 5.92 Å². The number of likely N-dealkylation sites (tertiary alicyclic amines) is 1. The Balaban J connectivity index is 0.000000264. The molecule has 0 saturated carbocycles. The van der Waals surface area contributed by atoms with Gasteiger partial charge in [0.2, 0.25) is 6.41 Å². The van der Waals surface area contributed by atoms with Crippen LogP contribution in [0.25, 0.3) is 10.9 Å². The molecule has 4 atom stereocenters. The summed E-state index contributed by atoms with van der Waals surface area (Å²) >= 11 is 0. The average molecular weight is 697 g/mol. The molecular weight excluding hydrogens is 639 g/mol. The molecule has 0 spiro atoms. The van der Waals surface area contributed by atoms with Gasteiger partial charge < -0.3 is 34.4 Å². The lowest BCUT2D eigenvalue weighted by atomic mass is 9.93. The third-order valence-electron chi connectivity index (χ3n) is 8.80. The molecular formula is C39H57FN4O6. The summed E-state index contributed by atoms with van der Waals surface area (Å²) < 4.78 is 24.6. The van der Waals surface area contributed by atoms with E-state index in [9.17, 15) is 23.6 Å². The van der Waals surface area contributed by atoms with Crippen LogP contribution in [0.2, 0.25) is 0 Å². The van der Waals surface area contributed by atoms with Gasteiger partial charge in [0.25, 0.3) is 0 Å². The number of alkyl halides is 1. The van der Waals surface area contributed by atoms with Crippen molar-refractivity contribution < 1.29 is 33.0 Å². The van der Waals surface area contributed by atoms with Gasteiger partial charge in [0.1, 0.15) is 24.3 Å². The molecule has 11 heteroatoms. The molecule has 0 aliphatic carbocycles. The number of hydrogen-bond acceptors (Lipinski definition) is 7. The fourth-order valence-corrected chi connectivity index (χ4v) is 5.81. The van der Waals surface area contributed by atoms with E-state index in [0.29, 0.717) is 43.3 Å². The van der Waals surface area contributed by atoms with Crippen molar-refractivity contribution in [2.24, 2.45) is 13.0 Å². The number of amides is 2. The summed E-state index contributed by atoms with van der Waals surface area (Å²) in [6.07, 6.45) is 5.01. The van der Waals surface area contributed by atoms with E-state index in [2.05, 4.69) is 59.8 Å². The largest absolute Gasteiger partial charge is 0.461 e. The first kappa shape index (κ1) is 41.9. The number of hydrogen-bond donors (Lipinski definition) is 2. The van der Waals surface area contributed by atoms with E-state index < -0.39 is 24.4 Å². The predicted octanol–water partition coefficient (Wildman–Crippen LogP) is 7.66. The van der Waals surface area contributed by atoms with E-state index in [4.69, 9.17) is 9.47 Å². The number of carbonyl (C=O) groups is 4. The van der Waals surface area contributed by atoms with Crippen LogP contribution in [-0.2, 0) is 26.1 Å². The molecule has 2 aromatic carbocycles. The third kappa shape index (κ3) is 13.6. The highest BCUT2D eigenvalue weighted by Crippen LogP contribution is 2.31. The number of aryl methyl sites for hydroxylation is 1. The second-order valence-corrected chi connectivity index (χ2v) is 13.6. The lowest BCUT2D eigenvalue weighted by Gasteiger charge is -2.22. The van der Waals surface area contributed by atoms with Crippen molar-refractivity contribution in [1.29, 1.82) is 0 Å². The summed E-state index contributed by atoms with van der Waals surface area (Å²) in [7, 11) is 4.02. The highest BCUT2D eigenvalue weighted by molar-refractivity contribution is 5.97. The molecule has 1 aromatic heterocycles. The van der Waals surface area contributed by atoms with E-state index in [1.165, 1.54) is 18.5 Å². The van der Waals surface area contributed by atoms with Gasteiger partial charge in [0.15, 0.2) is 0 Å². The summed E-state index contributed by atoms with van der Waals surface area (Å²) in [6, 6.07) is 18.2. The maximum Gasteiger partial charge on any atom is 0.407 e. The molecule has 2 N–H and O–H groups in total. The molecule has 3 aromatic rings. The van der Waals surface area contributed by atoms with Crippen LogP contribution in [0.15, 0.2) is 54.6 Å². The molecule has 2 heterocycles. The standard InChI is InChI=1S/C14H26FNO3.C13H14N2O3.C12H17N/c1-5-11(10-17)7-6-8-12(9-15)16-13(18)19-14(2,3)4;1-3-18-13(17)12-7-9-6-10(14-8-16)4-5-11(9)15(12)2;1-10-12(8-9-13(10)2)11-6-4-3-5-7-11/h10-12H,5-9H2,1-4H3,(H,16,18);4-8H,3H2,1-2H3,(H,14,16);3-7,10,12H,8-9H2,1-2H3. The number of rotatable bonds is 13.